The minimum atomic E-state index is 0.0337. The first kappa shape index (κ1) is 19.3. The first-order valence-electron chi connectivity index (χ1n) is 9.84. The molecule has 1 N–H and O–H groups in total. The van der Waals surface area contributed by atoms with Gasteiger partial charge >= 0.3 is 0 Å². The molecule has 0 saturated heterocycles. The number of hydrogen-bond donors (Lipinski definition) is 1. The summed E-state index contributed by atoms with van der Waals surface area (Å²) in [7, 11) is 0. The van der Waals surface area contributed by atoms with Gasteiger partial charge in [-0.2, -0.15) is 4.98 Å². The van der Waals surface area contributed by atoms with Crippen LogP contribution >= 0.6 is 0 Å². The van der Waals surface area contributed by atoms with E-state index in [2.05, 4.69) is 48.0 Å². The normalized spacial score (nSPS) is 17.6. The van der Waals surface area contributed by atoms with Gasteiger partial charge in [-0.15, -0.1) is 0 Å². The molecule has 3 rings (SSSR count). The van der Waals surface area contributed by atoms with E-state index in [4.69, 9.17) is 4.52 Å². The third-order valence-corrected chi connectivity index (χ3v) is 5.06. The van der Waals surface area contributed by atoms with Crippen LogP contribution < -0.4 is 0 Å². The standard InChI is InChI=1S/C22H29N3O2/c1-6-15-10-17(9-14(5)20(15)26)21-24-22(27-25-21)18-11-16(8-13(3)4)19(7-2)23-12-18/h10-13,17,26H,6-9H2,1-5H3. The van der Waals surface area contributed by atoms with Crippen molar-refractivity contribution in [1.82, 2.24) is 15.1 Å². The summed E-state index contributed by atoms with van der Waals surface area (Å²) >= 11 is 0. The van der Waals surface area contributed by atoms with Gasteiger partial charge in [0, 0.05) is 17.8 Å². The average Bonchev–Trinajstić information content (AvgIpc) is 3.13. The van der Waals surface area contributed by atoms with Gasteiger partial charge in [-0.1, -0.05) is 38.9 Å². The fraction of sp³-hybridized carbons (Fsp3) is 0.500. The molecule has 2 aromatic rings. The monoisotopic (exact) mass is 367 g/mol. The quantitative estimate of drug-likeness (QED) is 0.725. The molecule has 27 heavy (non-hydrogen) atoms. The summed E-state index contributed by atoms with van der Waals surface area (Å²) in [6, 6.07) is 2.13. The van der Waals surface area contributed by atoms with Crippen LogP contribution in [-0.4, -0.2) is 20.2 Å². The lowest BCUT2D eigenvalue weighted by molar-refractivity contribution is 0.398. The molecule has 1 aliphatic carbocycles. The highest BCUT2D eigenvalue weighted by Gasteiger charge is 2.24. The van der Waals surface area contributed by atoms with Gasteiger partial charge in [-0.05, 0) is 61.3 Å². The summed E-state index contributed by atoms with van der Waals surface area (Å²) < 4.78 is 5.56. The van der Waals surface area contributed by atoms with Crippen molar-refractivity contribution >= 4 is 0 Å². The van der Waals surface area contributed by atoms with E-state index in [0.717, 1.165) is 41.7 Å². The first-order chi connectivity index (χ1) is 12.9. The van der Waals surface area contributed by atoms with Gasteiger partial charge in [-0.3, -0.25) is 4.98 Å². The maximum absolute atomic E-state index is 10.2. The second-order valence-corrected chi connectivity index (χ2v) is 7.72. The van der Waals surface area contributed by atoms with Gasteiger partial charge in [0.1, 0.15) is 5.76 Å². The molecule has 0 bridgehead atoms. The maximum Gasteiger partial charge on any atom is 0.259 e. The lowest BCUT2D eigenvalue weighted by Crippen LogP contribution is -2.08. The Morgan fingerprint density at radius 1 is 1.26 bits per heavy atom. The predicted molar refractivity (Wildman–Crippen MR) is 107 cm³/mol. The number of rotatable bonds is 6. The highest BCUT2D eigenvalue weighted by Crippen LogP contribution is 2.34. The van der Waals surface area contributed by atoms with E-state index in [1.807, 2.05) is 20.0 Å². The molecule has 5 nitrogen and oxygen atoms in total. The Hall–Kier alpha value is -2.43. The fourth-order valence-electron chi connectivity index (χ4n) is 3.63. The summed E-state index contributed by atoms with van der Waals surface area (Å²) in [4.78, 5) is 9.26. The maximum atomic E-state index is 10.2. The molecule has 1 atom stereocenters. The van der Waals surface area contributed by atoms with Gasteiger partial charge in [0.25, 0.3) is 5.89 Å². The minimum absolute atomic E-state index is 0.0337. The average molecular weight is 367 g/mol. The summed E-state index contributed by atoms with van der Waals surface area (Å²) in [5.41, 5.74) is 5.17. The molecule has 0 amide bonds. The van der Waals surface area contributed by atoms with E-state index < -0.39 is 0 Å². The van der Waals surface area contributed by atoms with E-state index in [1.165, 1.54) is 5.56 Å². The Morgan fingerprint density at radius 3 is 2.70 bits per heavy atom. The molecule has 0 fully saturated rings. The summed E-state index contributed by atoms with van der Waals surface area (Å²) in [5, 5.41) is 14.4. The third-order valence-electron chi connectivity index (χ3n) is 5.06. The Balaban J connectivity index is 1.89. The number of aromatic nitrogens is 3. The molecule has 5 heteroatoms. The van der Waals surface area contributed by atoms with Crippen LogP contribution in [0.15, 0.2) is 39.8 Å². The summed E-state index contributed by atoms with van der Waals surface area (Å²) in [5.74, 6) is 2.18. The second-order valence-electron chi connectivity index (χ2n) is 7.72. The van der Waals surface area contributed by atoms with Crippen molar-refractivity contribution < 1.29 is 9.63 Å². The molecular formula is C22H29N3O2. The molecular weight excluding hydrogens is 338 g/mol. The lowest BCUT2D eigenvalue weighted by Gasteiger charge is -2.19. The summed E-state index contributed by atoms with van der Waals surface area (Å²) in [6.45, 7) is 10.5. The summed E-state index contributed by atoms with van der Waals surface area (Å²) in [6.07, 6.45) is 7.27. The third kappa shape index (κ3) is 4.12. The van der Waals surface area contributed by atoms with Crippen LogP contribution in [0.3, 0.4) is 0 Å². The van der Waals surface area contributed by atoms with E-state index in [1.54, 1.807) is 0 Å². The minimum Gasteiger partial charge on any atom is -0.508 e. The Kier molecular flexibility index (Phi) is 5.78. The van der Waals surface area contributed by atoms with Crippen LogP contribution in [0.5, 0.6) is 0 Å². The zero-order valence-corrected chi connectivity index (χ0v) is 16.9. The SMILES string of the molecule is CCC1=CC(c2noc(-c3cnc(CC)c(CC(C)C)c3)n2)CC(C)=C1O. The number of allylic oxidation sites excluding steroid dienone is 3. The molecule has 1 aliphatic rings. The first-order valence-corrected chi connectivity index (χ1v) is 9.84. The van der Waals surface area contributed by atoms with Crippen molar-refractivity contribution in [2.75, 3.05) is 0 Å². The Bertz CT molecular complexity index is 877. The second kappa shape index (κ2) is 8.07. The van der Waals surface area contributed by atoms with Crippen LogP contribution in [0.25, 0.3) is 11.5 Å². The Labute approximate surface area is 161 Å². The van der Waals surface area contributed by atoms with Gasteiger partial charge in [0.15, 0.2) is 5.82 Å². The largest absolute Gasteiger partial charge is 0.508 e. The van der Waals surface area contributed by atoms with Crippen molar-refractivity contribution in [1.29, 1.82) is 0 Å². The molecule has 0 aliphatic heterocycles. The Morgan fingerprint density at radius 2 is 2.04 bits per heavy atom. The van der Waals surface area contributed by atoms with E-state index in [0.29, 0.717) is 29.8 Å². The molecule has 0 aromatic carbocycles. The highest BCUT2D eigenvalue weighted by molar-refractivity contribution is 5.53. The van der Waals surface area contributed by atoms with E-state index >= 15 is 0 Å². The highest BCUT2D eigenvalue weighted by atomic mass is 16.5. The number of aliphatic hydroxyl groups excluding tert-OH is 1. The van der Waals surface area contributed by atoms with Crippen LogP contribution in [0, 0.1) is 5.92 Å². The van der Waals surface area contributed by atoms with Gasteiger partial charge in [0.05, 0.1) is 5.56 Å². The van der Waals surface area contributed by atoms with Gasteiger partial charge in [0.2, 0.25) is 0 Å². The number of nitrogens with zero attached hydrogens (tertiary/aromatic N) is 3. The lowest BCUT2D eigenvalue weighted by atomic mass is 9.88. The molecule has 0 spiro atoms. The zero-order chi connectivity index (χ0) is 19.6. The van der Waals surface area contributed by atoms with Crippen LogP contribution in [0.2, 0.25) is 0 Å². The van der Waals surface area contributed by atoms with Crippen molar-refractivity contribution in [3.8, 4) is 11.5 Å². The fourth-order valence-corrected chi connectivity index (χ4v) is 3.63. The van der Waals surface area contributed by atoms with Gasteiger partial charge < -0.3 is 9.63 Å². The molecule has 2 heterocycles. The molecule has 0 radical (unpaired) electrons. The van der Waals surface area contributed by atoms with Crippen molar-refractivity contribution in [3.05, 3.63) is 52.3 Å². The topological polar surface area (TPSA) is 72.0 Å². The molecule has 1 unspecified atom stereocenters. The molecule has 144 valence electrons. The smallest absolute Gasteiger partial charge is 0.259 e. The van der Waals surface area contributed by atoms with Crippen molar-refractivity contribution in [3.63, 3.8) is 0 Å². The molecule has 0 saturated carbocycles. The van der Waals surface area contributed by atoms with E-state index in [-0.39, 0.29) is 5.92 Å². The number of aliphatic hydroxyl groups is 1. The number of pyridine rings is 1. The van der Waals surface area contributed by atoms with Crippen LogP contribution in [0.1, 0.15) is 70.5 Å². The van der Waals surface area contributed by atoms with Crippen LogP contribution in [-0.2, 0) is 12.8 Å². The molecule has 2 aromatic heterocycles. The number of aryl methyl sites for hydroxylation is 1. The number of hydrogen-bond acceptors (Lipinski definition) is 5. The van der Waals surface area contributed by atoms with Crippen molar-refractivity contribution in [2.24, 2.45) is 5.92 Å². The predicted octanol–water partition coefficient (Wildman–Crippen LogP) is 5.55. The van der Waals surface area contributed by atoms with Crippen molar-refractivity contribution in [2.45, 2.75) is 66.2 Å². The van der Waals surface area contributed by atoms with E-state index in [9.17, 15) is 5.11 Å². The van der Waals surface area contributed by atoms with Gasteiger partial charge in [-0.25, -0.2) is 0 Å². The zero-order valence-electron chi connectivity index (χ0n) is 16.9. The van der Waals surface area contributed by atoms with Crippen LogP contribution in [0.4, 0.5) is 0 Å².